The number of carbonyl (C=O) groups excluding carboxylic acids is 1. The average molecular weight is 304 g/mol. The summed E-state index contributed by atoms with van der Waals surface area (Å²) in [7, 11) is 0. The molecule has 0 unspecified atom stereocenters. The second-order valence-corrected chi connectivity index (χ2v) is 7.43. The van der Waals surface area contributed by atoms with E-state index >= 15 is 0 Å². The lowest BCUT2D eigenvalue weighted by atomic mass is 9.87. The lowest BCUT2D eigenvalue weighted by Gasteiger charge is -2.34. The Morgan fingerprint density at radius 3 is 2.09 bits per heavy atom. The van der Waals surface area contributed by atoms with Gasteiger partial charge in [0.25, 0.3) is 5.91 Å². The lowest BCUT2D eigenvalue weighted by molar-refractivity contribution is -0.146. The molecule has 0 aromatic heterocycles. The lowest BCUT2D eigenvalue weighted by Crippen LogP contribution is -2.54. The fraction of sp³-hybridized carbons (Fsp3) is 0.611. The van der Waals surface area contributed by atoms with E-state index in [0.29, 0.717) is 0 Å². The molecule has 1 aliphatic rings. The van der Waals surface area contributed by atoms with Crippen LogP contribution in [-0.2, 0) is 10.2 Å². The molecule has 1 aromatic carbocycles. The van der Waals surface area contributed by atoms with E-state index in [9.17, 15) is 4.79 Å². The molecule has 4 nitrogen and oxygen atoms in total. The van der Waals surface area contributed by atoms with Crippen LogP contribution in [0.5, 0.6) is 5.75 Å². The van der Waals surface area contributed by atoms with Gasteiger partial charge >= 0.3 is 0 Å². The van der Waals surface area contributed by atoms with Crippen LogP contribution in [0.3, 0.4) is 0 Å². The van der Waals surface area contributed by atoms with Crippen molar-refractivity contribution in [1.29, 1.82) is 0 Å². The summed E-state index contributed by atoms with van der Waals surface area (Å²) < 4.78 is 5.97. The summed E-state index contributed by atoms with van der Waals surface area (Å²) in [5.41, 5.74) is 0.525. The quantitative estimate of drug-likeness (QED) is 0.933. The second kappa shape index (κ2) is 6.29. The van der Waals surface area contributed by atoms with Crippen molar-refractivity contribution in [3.05, 3.63) is 29.8 Å². The minimum atomic E-state index is -0.847. The summed E-state index contributed by atoms with van der Waals surface area (Å²) in [4.78, 5) is 14.5. The van der Waals surface area contributed by atoms with Crippen molar-refractivity contribution in [3.8, 4) is 5.75 Å². The van der Waals surface area contributed by atoms with Crippen molar-refractivity contribution < 1.29 is 9.53 Å². The fourth-order valence-electron chi connectivity index (χ4n) is 2.61. The predicted octanol–water partition coefficient (Wildman–Crippen LogP) is 2.57. The van der Waals surface area contributed by atoms with Gasteiger partial charge in [0.2, 0.25) is 0 Å². The maximum Gasteiger partial charge on any atom is 0.266 e. The van der Waals surface area contributed by atoms with Crippen LogP contribution in [0.1, 0.15) is 40.2 Å². The molecule has 0 radical (unpaired) electrons. The van der Waals surface area contributed by atoms with E-state index in [1.807, 2.05) is 30.9 Å². The van der Waals surface area contributed by atoms with E-state index in [4.69, 9.17) is 4.74 Å². The molecule has 1 heterocycles. The van der Waals surface area contributed by atoms with Gasteiger partial charge in [-0.05, 0) is 37.0 Å². The molecule has 1 saturated heterocycles. The summed E-state index contributed by atoms with van der Waals surface area (Å²) in [5, 5.41) is 3.26. The third-order valence-corrected chi connectivity index (χ3v) is 4.01. The minimum absolute atomic E-state index is 0.0499. The Bertz CT molecular complexity index is 509. The van der Waals surface area contributed by atoms with E-state index in [0.717, 1.165) is 31.9 Å². The Labute approximate surface area is 133 Å². The minimum Gasteiger partial charge on any atom is -0.478 e. The Kier molecular flexibility index (Phi) is 4.81. The fourth-order valence-corrected chi connectivity index (χ4v) is 2.61. The van der Waals surface area contributed by atoms with Gasteiger partial charge in [-0.15, -0.1) is 0 Å². The number of ether oxygens (including phenoxy) is 1. The van der Waals surface area contributed by atoms with Gasteiger partial charge in [-0.2, -0.15) is 0 Å². The summed E-state index contributed by atoms with van der Waals surface area (Å²) >= 11 is 0. The first kappa shape index (κ1) is 16.8. The van der Waals surface area contributed by atoms with Gasteiger partial charge in [-0.25, -0.2) is 0 Å². The van der Waals surface area contributed by atoms with Crippen molar-refractivity contribution in [2.24, 2.45) is 0 Å². The summed E-state index contributed by atoms with van der Waals surface area (Å²) in [6, 6.07) is 8.04. The Balaban J connectivity index is 2.06. The first-order valence-electron chi connectivity index (χ1n) is 8.00. The van der Waals surface area contributed by atoms with Crippen LogP contribution in [0.25, 0.3) is 0 Å². The monoisotopic (exact) mass is 304 g/mol. The number of rotatable bonds is 3. The highest BCUT2D eigenvalue weighted by atomic mass is 16.5. The van der Waals surface area contributed by atoms with Gasteiger partial charge in [0.1, 0.15) is 5.75 Å². The molecule has 0 atom stereocenters. The Hall–Kier alpha value is -1.55. The molecular weight excluding hydrogens is 276 g/mol. The van der Waals surface area contributed by atoms with Crippen LogP contribution in [0.2, 0.25) is 0 Å². The molecule has 122 valence electrons. The predicted molar refractivity (Wildman–Crippen MR) is 89.3 cm³/mol. The number of hydrogen-bond donors (Lipinski definition) is 1. The molecule has 1 aromatic rings. The van der Waals surface area contributed by atoms with Crippen LogP contribution >= 0.6 is 0 Å². The first-order chi connectivity index (χ1) is 10.2. The highest BCUT2D eigenvalue weighted by Crippen LogP contribution is 2.26. The summed E-state index contributed by atoms with van der Waals surface area (Å²) in [6.07, 6.45) is 0. The maximum absolute atomic E-state index is 12.6. The van der Waals surface area contributed by atoms with Crippen molar-refractivity contribution >= 4 is 5.91 Å². The molecule has 0 bridgehead atoms. The van der Waals surface area contributed by atoms with Crippen LogP contribution < -0.4 is 10.1 Å². The Morgan fingerprint density at radius 1 is 1.05 bits per heavy atom. The topological polar surface area (TPSA) is 41.6 Å². The second-order valence-electron chi connectivity index (χ2n) is 7.43. The first-order valence-corrected chi connectivity index (χ1v) is 8.00. The third-order valence-electron chi connectivity index (χ3n) is 4.01. The summed E-state index contributed by atoms with van der Waals surface area (Å²) in [5.74, 6) is 0.787. The molecule has 1 N–H and O–H groups in total. The zero-order valence-electron chi connectivity index (χ0n) is 14.4. The molecule has 1 aliphatic heterocycles. The molecule has 0 aliphatic carbocycles. The van der Waals surface area contributed by atoms with Crippen LogP contribution in [0.4, 0.5) is 0 Å². The van der Waals surface area contributed by atoms with Gasteiger partial charge in [-0.3, -0.25) is 4.79 Å². The number of benzene rings is 1. The molecule has 0 saturated carbocycles. The number of carbonyl (C=O) groups is 1. The number of hydrogen-bond acceptors (Lipinski definition) is 3. The van der Waals surface area contributed by atoms with Gasteiger partial charge in [-0.1, -0.05) is 32.9 Å². The van der Waals surface area contributed by atoms with E-state index in [1.54, 1.807) is 0 Å². The summed E-state index contributed by atoms with van der Waals surface area (Å²) in [6.45, 7) is 13.4. The zero-order valence-corrected chi connectivity index (χ0v) is 14.4. The normalized spacial score (nSPS) is 16.5. The third kappa shape index (κ3) is 4.01. The van der Waals surface area contributed by atoms with E-state index in [-0.39, 0.29) is 11.3 Å². The van der Waals surface area contributed by atoms with Crippen LogP contribution in [0.15, 0.2) is 24.3 Å². The average Bonchev–Trinajstić information content (AvgIpc) is 2.46. The number of amides is 1. The highest BCUT2D eigenvalue weighted by Gasteiger charge is 2.34. The smallest absolute Gasteiger partial charge is 0.266 e. The molecule has 1 amide bonds. The number of piperazine rings is 1. The van der Waals surface area contributed by atoms with Crippen LogP contribution in [0, 0.1) is 0 Å². The Morgan fingerprint density at radius 2 is 1.59 bits per heavy atom. The van der Waals surface area contributed by atoms with Gasteiger partial charge in [0.05, 0.1) is 0 Å². The van der Waals surface area contributed by atoms with Crippen molar-refractivity contribution in [1.82, 2.24) is 10.2 Å². The van der Waals surface area contributed by atoms with Gasteiger partial charge < -0.3 is 15.0 Å². The van der Waals surface area contributed by atoms with E-state index in [2.05, 4.69) is 38.2 Å². The SMILES string of the molecule is CC(C)(Oc1ccc(C(C)(C)C)cc1)C(=O)N1CCNCC1. The standard InChI is InChI=1S/C18H28N2O2/c1-17(2,3)14-6-8-15(9-7-14)22-18(4,5)16(21)20-12-10-19-11-13-20/h6-9,19H,10-13H2,1-5H3. The van der Waals surface area contributed by atoms with Crippen LogP contribution in [-0.4, -0.2) is 42.6 Å². The van der Waals surface area contributed by atoms with E-state index < -0.39 is 5.60 Å². The largest absolute Gasteiger partial charge is 0.478 e. The number of nitrogens with one attached hydrogen (secondary N) is 1. The molecular formula is C18H28N2O2. The molecule has 4 heteroatoms. The molecule has 2 rings (SSSR count). The highest BCUT2D eigenvalue weighted by molar-refractivity contribution is 5.85. The molecule has 0 spiro atoms. The zero-order chi connectivity index (χ0) is 16.4. The van der Waals surface area contributed by atoms with Crippen molar-refractivity contribution in [2.75, 3.05) is 26.2 Å². The molecule has 22 heavy (non-hydrogen) atoms. The van der Waals surface area contributed by atoms with Crippen molar-refractivity contribution in [2.45, 2.75) is 45.6 Å². The van der Waals surface area contributed by atoms with Crippen molar-refractivity contribution in [3.63, 3.8) is 0 Å². The van der Waals surface area contributed by atoms with Gasteiger partial charge in [0.15, 0.2) is 5.60 Å². The maximum atomic E-state index is 12.6. The molecule has 1 fully saturated rings. The number of nitrogens with zero attached hydrogens (tertiary/aromatic N) is 1. The van der Waals surface area contributed by atoms with E-state index in [1.165, 1.54) is 5.56 Å². The van der Waals surface area contributed by atoms with Gasteiger partial charge in [0, 0.05) is 26.2 Å².